The molecule has 0 saturated heterocycles. The first kappa shape index (κ1) is 13.5. The molecule has 4 heteroatoms. The smallest absolute Gasteiger partial charge is 0.341 e. The lowest BCUT2D eigenvalue weighted by atomic mass is 10.1. The number of rotatable bonds is 5. The standard InChI is InChI=1S/C13H18FNO2/c1-3-9(4-2)8-17-13(16)11-6-5-10(15)7-12(11)14/h5-7,9H,3-4,8,15H2,1-2H3. The Morgan fingerprint density at radius 2 is 2.06 bits per heavy atom. The maximum atomic E-state index is 13.4. The summed E-state index contributed by atoms with van der Waals surface area (Å²) in [6, 6.07) is 3.95. The van der Waals surface area contributed by atoms with Gasteiger partial charge in [-0.05, 0) is 24.1 Å². The van der Waals surface area contributed by atoms with Gasteiger partial charge in [0, 0.05) is 5.69 Å². The van der Waals surface area contributed by atoms with Crippen LogP contribution in [-0.4, -0.2) is 12.6 Å². The van der Waals surface area contributed by atoms with Crippen molar-refractivity contribution in [3.8, 4) is 0 Å². The Hall–Kier alpha value is -1.58. The average molecular weight is 239 g/mol. The van der Waals surface area contributed by atoms with Gasteiger partial charge >= 0.3 is 5.97 Å². The maximum absolute atomic E-state index is 13.4. The summed E-state index contributed by atoms with van der Waals surface area (Å²) in [7, 11) is 0. The number of carbonyl (C=O) groups is 1. The predicted octanol–water partition coefficient (Wildman–Crippen LogP) is 3.00. The summed E-state index contributed by atoms with van der Waals surface area (Å²) in [4.78, 5) is 11.6. The first-order valence-electron chi connectivity index (χ1n) is 5.80. The van der Waals surface area contributed by atoms with Gasteiger partial charge in [-0.3, -0.25) is 0 Å². The number of anilines is 1. The summed E-state index contributed by atoms with van der Waals surface area (Å²) in [5.74, 6) is -0.940. The topological polar surface area (TPSA) is 52.3 Å². The third kappa shape index (κ3) is 3.73. The van der Waals surface area contributed by atoms with Crippen LogP contribution in [0.15, 0.2) is 18.2 Å². The van der Waals surface area contributed by atoms with Crippen molar-refractivity contribution in [2.45, 2.75) is 26.7 Å². The summed E-state index contributed by atoms with van der Waals surface area (Å²) >= 11 is 0. The Morgan fingerprint density at radius 3 is 2.59 bits per heavy atom. The normalized spacial score (nSPS) is 10.6. The van der Waals surface area contributed by atoms with E-state index in [1.807, 2.05) is 13.8 Å². The Balaban J connectivity index is 2.64. The number of carbonyl (C=O) groups excluding carboxylic acids is 1. The third-order valence-electron chi connectivity index (χ3n) is 2.82. The molecule has 17 heavy (non-hydrogen) atoms. The van der Waals surface area contributed by atoms with Gasteiger partial charge in [-0.15, -0.1) is 0 Å². The molecule has 0 saturated carbocycles. The zero-order valence-corrected chi connectivity index (χ0v) is 10.2. The molecule has 0 heterocycles. The van der Waals surface area contributed by atoms with Gasteiger partial charge in [0.05, 0.1) is 12.2 Å². The lowest BCUT2D eigenvalue weighted by Crippen LogP contribution is -2.14. The van der Waals surface area contributed by atoms with E-state index in [9.17, 15) is 9.18 Å². The fraction of sp³-hybridized carbons (Fsp3) is 0.462. The Morgan fingerprint density at radius 1 is 1.41 bits per heavy atom. The van der Waals surface area contributed by atoms with Crippen LogP contribution >= 0.6 is 0 Å². The molecular weight excluding hydrogens is 221 g/mol. The van der Waals surface area contributed by atoms with Gasteiger partial charge in [0.2, 0.25) is 0 Å². The van der Waals surface area contributed by atoms with Crippen LogP contribution in [0.5, 0.6) is 0 Å². The lowest BCUT2D eigenvalue weighted by molar-refractivity contribution is 0.0428. The van der Waals surface area contributed by atoms with Crippen molar-refractivity contribution < 1.29 is 13.9 Å². The molecular formula is C13H18FNO2. The lowest BCUT2D eigenvalue weighted by Gasteiger charge is -2.12. The van der Waals surface area contributed by atoms with Gasteiger partial charge in [0.1, 0.15) is 5.82 Å². The highest BCUT2D eigenvalue weighted by atomic mass is 19.1. The molecule has 0 aliphatic heterocycles. The van der Waals surface area contributed by atoms with Gasteiger partial charge < -0.3 is 10.5 Å². The van der Waals surface area contributed by atoms with Crippen LogP contribution in [0.4, 0.5) is 10.1 Å². The first-order valence-corrected chi connectivity index (χ1v) is 5.80. The highest BCUT2D eigenvalue weighted by molar-refractivity contribution is 5.90. The number of nitrogen functional groups attached to an aromatic ring is 1. The van der Waals surface area contributed by atoms with E-state index >= 15 is 0 Å². The number of ether oxygens (including phenoxy) is 1. The van der Waals surface area contributed by atoms with Gasteiger partial charge in [0.15, 0.2) is 0 Å². The van der Waals surface area contributed by atoms with E-state index in [1.54, 1.807) is 0 Å². The van der Waals surface area contributed by atoms with Crippen LogP contribution in [0.25, 0.3) is 0 Å². The molecule has 0 spiro atoms. The molecule has 0 amide bonds. The predicted molar refractivity (Wildman–Crippen MR) is 65.2 cm³/mol. The molecule has 94 valence electrons. The first-order chi connectivity index (χ1) is 8.08. The van der Waals surface area contributed by atoms with Gasteiger partial charge in [-0.2, -0.15) is 0 Å². The van der Waals surface area contributed by atoms with Gasteiger partial charge in [-0.25, -0.2) is 9.18 Å². The van der Waals surface area contributed by atoms with E-state index in [0.717, 1.165) is 18.9 Å². The largest absolute Gasteiger partial charge is 0.462 e. The summed E-state index contributed by atoms with van der Waals surface area (Å²) in [6.45, 7) is 4.40. The highest BCUT2D eigenvalue weighted by Crippen LogP contribution is 2.14. The Labute approximate surface area is 101 Å². The minimum Gasteiger partial charge on any atom is -0.462 e. The molecule has 1 aromatic carbocycles. The number of benzene rings is 1. The van der Waals surface area contributed by atoms with Crippen LogP contribution in [0.3, 0.4) is 0 Å². The summed E-state index contributed by atoms with van der Waals surface area (Å²) < 4.78 is 18.5. The van der Waals surface area contributed by atoms with Crippen LogP contribution in [0.2, 0.25) is 0 Å². The molecule has 0 fully saturated rings. The second-order valence-corrected chi connectivity index (χ2v) is 4.02. The van der Waals surface area contributed by atoms with Crippen molar-refractivity contribution in [2.75, 3.05) is 12.3 Å². The number of halogens is 1. The van der Waals surface area contributed by atoms with Gasteiger partial charge in [-0.1, -0.05) is 26.7 Å². The molecule has 0 unspecified atom stereocenters. The number of hydrogen-bond acceptors (Lipinski definition) is 3. The van der Waals surface area contributed by atoms with Crippen molar-refractivity contribution in [1.29, 1.82) is 0 Å². The SMILES string of the molecule is CCC(CC)COC(=O)c1ccc(N)cc1F. The monoisotopic (exact) mass is 239 g/mol. The summed E-state index contributed by atoms with van der Waals surface area (Å²) in [6.07, 6.45) is 1.88. The molecule has 0 aliphatic carbocycles. The summed E-state index contributed by atoms with van der Waals surface area (Å²) in [5, 5.41) is 0. The van der Waals surface area contributed by atoms with Crippen molar-refractivity contribution >= 4 is 11.7 Å². The molecule has 0 aliphatic rings. The molecule has 0 radical (unpaired) electrons. The van der Waals surface area contributed by atoms with Crippen LogP contribution in [0.1, 0.15) is 37.0 Å². The van der Waals surface area contributed by atoms with E-state index in [0.29, 0.717) is 18.2 Å². The third-order valence-corrected chi connectivity index (χ3v) is 2.82. The second-order valence-electron chi connectivity index (χ2n) is 4.02. The Bertz CT molecular complexity index is 389. The number of esters is 1. The fourth-order valence-electron chi connectivity index (χ4n) is 1.49. The van der Waals surface area contributed by atoms with Crippen LogP contribution in [0, 0.1) is 11.7 Å². The zero-order valence-electron chi connectivity index (χ0n) is 10.2. The molecule has 0 aromatic heterocycles. The average Bonchev–Trinajstić information content (AvgIpc) is 2.30. The van der Waals surface area contributed by atoms with Crippen LogP contribution < -0.4 is 5.73 Å². The van der Waals surface area contributed by atoms with Crippen molar-refractivity contribution in [1.82, 2.24) is 0 Å². The molecule has 0 atom stereocenters. The maximum Gasteiger partial charge on any atom is 0.341 e. The minimum atomic E-state index is -0.639. The number of hydrogen-bond donors (Lipinski definition) is 1. The van der Waals surface area contributed by atoms with Crippen molar-refractivity contribution in [3.63, 3.8) is 0 Å². The second kappa shape index (κ2) is 6.23. The molecule has 1 rings (SSSR count). The number of nitrogens with two attached hydrogens (primary N) is 1. The van der Waals surface area contributed by atoms with Crippen LogP contribution in [-0.2, 0) is 4.74 Å². The minimum absolute atomic E-state index is 0.0647. The zero-order chi connectivity index (χ0) is 12.8. The van der Waals surface area contributed by atoms with E-state index in [4.69, 9.17) is 10.5 Å². The van der Waals surface area contributed by atoms with Crippen molar-refractivity contribution in [3.05, 3.63) is 29.6 Å². The van der Waals surface area contributed by atoms with E-state index < -0.39 is 11.8 Å². The van der Waals surface area contributed by atoms with E-state index in [2.05, 4.69) is 0 Å². The molecule has 3 nitrogen and oxygen atoms in total. The van der Waals surface area contributed by atoms with E-state index in [-0.39, 0.29) is 5.56 Å². The molecule has 0 bridgehead atoms. The quantitative estimate of drug-likeness (QED) is 0.634. The van der Waals surface area contributed by atoms with Crippen molar-refractivity contribution in [2.24, 2.45) is 5.92 Å². The fourth-order valence-corrected chi connectivity index (χ4v) is 1.49. The Kier molecular flexibility index (Phi) is 4.94. The highest BCUT2D eigenvalue weighted by Gasteiger charge is 2.14. The molecule has 2 N–H and O–H groups in total. The molecule has 1 aromatic rings. The summed E-state index contributed by atoms with van der Waals surface area (Å²) in [5.41, 5.74) is 5.63. The van der Waals surface area contributed by atoms with Gasteiger partial charge in [0.25, 0.3) is 0 Å². The van der Waals surface area contributed by atoms with E-state index in [1.165, 1.54) is 12.1 Å².